The Morgan fingerprint density at radius 1 is 0.941 bits per heavy atom. The van der Waals surface area contributed by atoms with Crippen LogP contribution in [0.3, 0.4) is 0 Å². The van der Waals surface area contributed by atoms with Gasteiger partial charge in [0.15, 0.2) is 0 Å². The topological polar surface area (TPSA) is 15.3 Å². The molecule has 0 aromatic carbocycles. The molecule has 0 aliphatic carbocycles. The molecule has 2 rings (SSSR count). The molecule has 2 saturated heterocycles. The zero-order valence-electron chi connectivity index (χ0n) is 12.0. The van der Waals surface area contributed by atoms with E-state index in [4.69, 9.17) is 0 Å². The van der Waals surface area contributed by atoms with Crippen LogP contribution in [-0.4, -0.2) is 36.6 Å². The van der Waals surface area contributed by atoms with Gasteiger partial charge in [-0.3, -0.25) is 0 Å². The summed E-state index contributed by atoms with van der Waals surface area (Å²) in [5.74, 6) is 0. The first-order chi connectivity index (χ1) is 7.99. The smallest absolute Gasteiger partial charge is 0.0280 e. The summed E-state index contributed by atoms with van der Waals surface area (Å²) in [6.07, 6.45) is 8.26. The second-order valence-electron chi connectivity index (χ2n) is 7.24. The Balaban J connectivity index is 1.86. The Kier molecular flexibility index (Phi) is 4.14. The lowest BCUT2D eigenvalue weighted by molar-refractivity contribution is 0.163. The summed E-state index contributed by atoms with van der Waals surface area (Å²) in [7, 11) is 0. The molecule has 0 bridgehead atoms. The van der Waals surface area contributed by atoms with Crippen molar-refractivity contribution in [2.75, 3.05) is 26.2 Å². The molecule has 2 aliphatic rings. The maximum Gasteiger partial charge on any atom is 0.0280 e. The Morgan fingerprint density at radius 2 is 1.76 bits per heavy atom. The molecule has 17 heavy (non-hydrogen) atoms. The predicted molar refractivity (Wildman–Crippen MR) is 74.3 cm³/mol. The van der Waals surface area contributed by atoms with Crippen molar-refractivity contribution in [3.63, 3.8) is 0 Å². The van der Waals surface area contributed by atoms with E-state index in [0.717, 1.165) is 0 Å². The van der Waals surface area contributed by atoms with Crippen molar-refractivity contribution >= 4 is 0 Å². The normalized spacial score (nSPS) is 35.5. The molecule has 1 atom stereocenters. The van der Waals surface area contributed by atoms with Gasteiger partial charge in [-0.05, 0) is 64.1 Å². The highest BCUT2D eigenvalue weighted by atomic mass is 15.2. The standard InChI is InChI=1S/C15H30N2/c1-14(2)7-6-11-17(12-9-14)13-15(3)8-4-5-10-16-15/h16H,4-13H2,1-3H3. The van der Waals surface area contributed by atoms with E-state index in [1.807, 2.05) is 0 Å². The Hall–Kier alpha value is -0.0800. The summed E-state index contributed by atoms with van der Waals surface area (Å²) in [4.78, 5) is 2.70. The van der Waals surface area contributed by atoms with Crippen LogP contribution in [0.2, 0.25) is 0 Å². The lowest BCUT2D eigenvalue weighted by Gasteiger charge is -2.39. The van der Waals surface area contributed by atoms with E-state index in [1.165, 1.54) is 64.7 Å². The Bertz CT molecular complexity index is 241. The van der Waals surface area contributed by atoms with Crippen LogP contribution in [0.4, 0.5) is 0 Å². The summed E-state index contributed by atoms with van der Waals surface area (Å²) in [6, 6.07) is 0. The summed E-state index contributed by atoms with van der Waals surface area (Å²) >= 11 is 0. The van der Waals surface area contributed by atoms with Gasteiger partial charge in [0.25, 0.3) is 0 Å². The zero-order valence-corrected chi connectivity index (χ0v) is 12.0. The van der Waals surface area contributed by atoms with Crippen molar-refractivity contribution in [3.8, 4) is 0 Å². The maximum absolute atomic E-state index is 3.74. The van der Waals surface area contributed by atoms with Crippen LogP contribution < -0.4 is 5.32 Å². The van der Waals surface area contributed by atoms with Crippen LogP contribution in [0, 0.1) is 5.41 Å². The van der Waals surface area contributed by atoms with E-state index >= 15 is 0 Å². The van der Waals surface area contributed by atoms with Gasteiger partial charge in [0.2, 0.25) is 0 Å². The van der Waals surface area contributed by atoms with Crippen molar-refractivity contribution in [2.45, 2.75) is 64.8 Å². The number of hydrogen-bond donors (Lipinski definition) is 1. The molecule has 0 aromatic heterocycles. The van der Waals surface area contributed by atoms with Crippen LogP contribution in [-0.2, 0) is 0 Å². The summed E-state index contributed by atoms with van der Waals surface area (Å²) in [5.41, 5.74) is 0.947. The van der Waals surface area contributed by atoms with Crippen LogP contribution >= 0.6 is 0 Å². The highest BCUT2D eigenvalue weighted by Gasteiger charge is 2.30. The summed E-state index contributed by atoms with van der Waals surface area (Å²) in [5, 5.41) is 3.74. The Morgan fingerprint density at radius 3 is 2.47 bits per heavy atom. The molecule has 2 fully saturated rings. The first-order valence-electron chi connectivity index (χ1n) is 7.47. The van der Waals surface area contributed by atoms with E-state index in [-0.39, 0.29) is 0 Å². The fourth-order valence-electron chi connectivity index (χ4n) is 3.38. The van der Waals surface area contributed by atoms with Gasteiger partial charge in [-0.1, -0.05) is 20.3 Å². The van der Waals surface area contributed by atoms with E-state index in [0.29, 0.717) is 11.0 Å². The fourth-order valence-corrected chi connectivity index (χ4v) is 3.38. The SMILES string of the molecule is CC1(C)CCCN(CC2(C)CCCCN2)CC1. The number of nitrogens with one attached hydrogen (secondary N) is 1. The molecule has 0 aromatic rings. The summed E-state index contributed by atoms with van der Waals surface area (Å²) in [6.45, 7) is 12.3. The molecule has 2 heteroatoms. The first kappa shape index (κ1) is 13.4. The van der Waals surface area contributed by atoms with Crippen LogP contribution in [0.15, 0.2) is 0 Å². The highest BCUT2D eigenvalue weighted by molar-refractivity contribution is 4.90. The Labute approximate surface area is 107 Å². The average molecular weight is 238 g/mol. The van der Waals surface area contributed by atoms with Gasteiger partial charge in [-0.25, -0.2) is 0 Å². The molecule has 1 N–H and O–H groups in total. The minimum Gasteiger partial charge on any atom is -0.310 e. The van der Waals surface area contributed by atoms with Gasteiger partial charge in [0, 0.05) is 12.1 Å². The van der Waals surface area contributed by atoms with Gasteiger partial charge in [-0.15, -0.1) is 0 Å². The van der Waals surface area contributed by atoms with E-state index in [9.17, 15) is 0 Å². The summed E-state index contributed by atoms with van der Waals surface area (Å²) < 4.78 is 0. The van der Waals surface area contributed by atoms with Gasteiger partial charge in [0.1, 0.15) is 0 Å². The van der Waals surface area contributed by atoms with Crippen molar-refractivity contribution in [1.82, 2.24) is 10.2 Å². The van der Waals surface area contributed by atoms with Crippen molar-refractivity contribution in [1.29, 1.82) is 0 Å². The van der Waals surface area contributed by atoms with Crippen LogP contribution in [0.25, 0.3) is 0 Å². The third kappa shape index (κ3) is 3.96. The molecule has 1 unspecified atom stereocenters. The first-order valence-corrected chi connectivity index (χ1v) is 7.47. The monoisotopic (exact) mass is 238 g/mol. The van der Waals surface area contributed by atoms with E-state index in [2.05, 4.69) is 31.0 Å². The number of likely N-dealkylation sites (tertiary alicyclic amines) is 1. The molecule has 2 aliphatic heterocycles. The van der Waals surface area contributed by atoms with Crippen LogP contribution in [0.1, 0.15) is 59.3 Å². The number of piperidine rings is 1. The minimum absolute atomic E-state index is 0.382. The molecule has 0 radical (unpaired) electrons. The van der Waals surface area contributed by atoms with Gasteiger partial charge in [0.05, 0.1) is 0 Å². The van der Waals surface area contributed by atoms with Gasteiger partial charge in [-0.2, -0.15) is 0 Å². The number of hydrogen-bond acceptors (Lipinski definition) is 2. The lowest BCUT2D eigenvalue weighted by Crippen LogP contribution is -2.53. The van der Waals surface area contributed by atoms with E-state index < -0.39 is 0 Å². The van der Waals surface area contributed by atoms with E-state index in [1.54, 1.807) is 0 Å². The van der Waals surface area contributed by atoms with Crippen molar-refractivity contribution in [3.05, 3.63) is 0 Å². The number of rotatable bonds is 2. The zero-order chi connectivity index (χ0) is 12.4. The average Bonchev–Trinajstić information content (AvgIpc) is 2.41. The van der Waals surface area contributed by atoms with Crippen molar-refractivity contribution < 1.29 is 0 Å². The minimum atomic E-state index is 0.382. The molecular weight excluding hydrogens is 208 g/mol. The molecular formula is C15H30N2. The largest absolute Gasteiger partial charge is 0.310 e. The van der Waals surface area contributed by atoms with Crippen LogP contribution in [0.5, 0.6) is 0 Å². The molecule has 100 valence electrons. The van der Waals surface area contributed by atoms with Gasteiger partial charge < -0.3 is 10.2 Å². The highest BCUT2D eigenvalue weighted by Crippen LogP contribution is 2.30. The van der Waals surface area contributed by atoms with Crippen molar-refractivity contribution in [2.24, 2.45) is 5.41 Å². The quantitative estimate of drug-likeness (QED) is 0.795. The molecule has 2 nitrogen and oxygen atoms in total. The number of nitrogens with zero attached hydrogens (tertiary/aromatic N) is 1. The molecule has 2 heterocycles. The molecule has 0 spiro atoms. The van der Waals surface area contributed by atoms with Gasteiger partial charge >= 0.3 is 0 Å². The lowest BCUT2D eigenvalue weighted by atomic mass is 9.85. The predicted octanol–water partition coefficient (Wildman–Crippen LogP) is 3.03. The third-order valence-electron chi connectivity index (χ3n) is 4.71. The molecule has 0 amide bonds. The second-order valence-corrected chi connectivity index (χ2v) is 7.24. The second kappa shape index (κ2) is 5.27. The maximum atomic E-state index is 3.74. The molecule has 0 saturated carbocycles. The third-order valence-corrected chi connectivity index (χ3v) is 4.71. The fraction of sp³-hybridized carbons (Fsp3) is 1.00.